The number of hydrogen-bond donors (Lipinski definition) is 0. The van der Waals surface area contributed by atoms with E-state index < -0.39 is 17.0 Å². The van der Waals surface area contributed by atoms with Crippen LogP contribution in [0.1, 0.15) is 16.5 Å². The first-order chi connectivity index (χ1) is 8.00. The molecule has 0 saturated carbocycles. The van der Waals surface area contributed by atoms with Gasteiger partial charge < -0.3 is 0 Å². The van der Waals surface area contributed by atoms with Crippen LogP contribution in [0.5, 0.6) is 0 Å². The van der Waals surface area contributed by atoms with Crippen molar-refractivity contribution in [2.75, 3.05) is 0 Å². The van der Waals surface area contributed by atoms with Crippen LogP contribution in [0.2, 0.25) is 8.67 Å². The molecule has 0 N–H and O–H groups in total. The lowest BCUT2D eigenvalue weighted by atomic mass is 10.1. The van der Waals surface area contributed by atoms with E-state index in [2.05, 4.69) is 0 Å². The van der Waals surface area contributed by atoms with Crippen molar-refractivity contribution < 1.29 is 8.78 Å². The van der Waals surface area contributed by atoms with Gasteiger partial charge >= 0.3 is 0 Å². The Morgan fingerprint density at radius 3 is 2.18 bits per heavy atom. The smallest absolute Gasteiger partial charge is 0.131 e. The van der Waals surface area contributed by atoms with Gasteiger partial charge in [0.15, 0.2) is 0 Å². The van der Waals surface area contributed by atoms with Gasteiger partial charge in [0.2, 0.25) is 0 Å². The molecule has 1 aromatic heterocycles. The van der Waals surface area contributed by atoms with Crippen LogP contribution in [-0.2, 0) is 0 Å². The van der Waals surface area contributed by atoms with Crippen molar-refractivity contribution >= 4 is 46.1 Å². The molecule has 0 radical (unpaired) electrons. The molecule has 0 amide bonds. The summed E-state index contributed by atoms with van der Waals surface area (Å²) in [4.78, 5) is 0. The maximum Gasteiger partial charge on any atom is 0.131 e. The Morgan fingerprint density at radius 2 is 1.71 bits per heavy atom. The molecule has 1 unspecified atom stereocenters. The summed E-state index contributed by atoms with van der Waals surface area (Å²) in [6.45, 7) is 0. The third kappa shape index (κ3) is 2.58. The number of rotatable bonds is 2. The second-order valence-corrected chi connectivity index (χ2v) is 6.00. The van der Waals surface area contributed by atoms with Crippen LogP contribution in [0.15, 0.2) is 24.3 Å². The summed E-state index contributed by atoms with van der Waals surface area (Å²) in [7, 11) is 0. The van der Waals surface area contributed by atoms with E-state index in [9.17, 15) is 8.78 Å². The molecule has 2 aromatic rings. The first kappa shape index (κ1) is 13.1. The number of halogens is 5. The van der Waals surface area contributed by atoms with Gasteiger partial charge in [-0.3, -0.25) is 0 Å². The first-order valence-corrected chi connectivity index (χ1v) is 6.54. The molecule has 1 heterocycles. The van der Waals surface area contributed by atoms with Gasteiger partial charge in [-0.25, -0.2) is 8.78 Å². The van der Waals surface area contributed by atoms with Gasteiger partial charge in [0.05, 0.1) is 14.0 Å². The Kier molecular flexibility index (Phi) is 3.93. The molecule has 17 heavy (non-hydrogen) atoms. The highest BCUT2D eigenvalue weighted by atomic mass is 35.5. The molecular formula is C11H5Cl3F2S. The van der Waals surface area contributed by atoms with Crippen LogP contribution in [0.25, 0.3) is 0 Å². The molecule has 6 heteroatoms. The predicted molar refractivity (Wildman–Crippen MR) is 68.4 cm³/mol. The number of thiophene rings is 1. The minimum absolute atomic E-state index is 0.217. The van der Waals surface area contributed by atoms with Gasteiger partial charge in [0, 0.05) is 11.1 Å². The van der Waals surface area contributed by atoms with Crippen molar-refractivity contribution in [3.63, 3.8) is 0 Å². The second-order valence-electron chi connectivity index (χ2n) is 3.28. The van der Waals surface area contributed by atoms with E-state index in [1.54, 1.807) is 0 Å². The maximum atomic E-state index is 13.5. The quantitative estimate of drug-likeness (QED) is 0.627. The zero-order valence-corrected chi connectivity index (χ0v) is 11.3. The summed E-state index contributed by atoms with van der Waals surface area (Å²) in [5.74, 6) is -1.41. The summed E-state index contributed by atoms with van der Waals surface area (Å²) in [6.07, 6.45) is 0. The molecule has 0 fully saturated rings. The van der Waals surface area contributed by atoms with E-state index in [-0.39, 0.29) is 5.56 Å². The fourth-order valence-corrected chi connectivity index (χ4v) is 3.47. The van der Waals surface area contributed by atoms with Crippen LogP contribution >= 0.6 is 46.1 Å². The van der Waals surface area contributed by atoms with E-state index in [0.717, 1.165) is 23.5 Å². The molecule has 0 aliphatic rings. The van der Waals surface area contributed by atoms with Gasteiger partial charge in [0.1, 0.15) is 11.6 Å². The molecule has 0 saturated heterocycles. The lowest BCUT2D eigenvalue weighted by molar-refractivity contribution is 0.559. The molecular weight excluding hydrogens is 309 g/mol. The lowest BCUT2D eigenvalue weighted by Crippen LogP contribution is -2.00. The molecule has 2 rings (SSSR count). The molecule has 0 nitrogen and oxygen atoms in total. The van der Waals surface area contributed by atoms with E-state index in [0.29, 0.717) is 14.2 Å². The van der Waals surface area contributed by atoms with Crippen LogP contribution in [0.4, 0.5) is 8.78 Å². The van der Waals surface area contributed by atoms with Crippen LogP contribution in [0.3, 0.4) is 0 Å². The maximum absolute atomic E-state index is 13.5. The number of hydrogen-bond acceptors (Lipinski definition) is 1. The van der Waals surface area contributed by atoms with Gasteiger partial charge in [-0.2, -0.15) is 0 Å². The Morgan fingerprint density at radius 1 is 1.12 bits per heavy atom. The highest BCUT2D eigenvalue weighted by Gasteiger charge is 2.23. The Balaban J connectivity index is 2.51. The number of benzene rings is 1. The Labute approximate surface area is 116 Å². The van der Waals surface area contributed by atoms with Crippen LogP contribution in [0, 0.1) is 11.6 Å². The molecule has 90 valence electrons. The molecule has 0 aliphatic heterocycles. The van der Waals surface area contributed by atoms with Crippen molar-refractivity contribution in [1.82, 2.24) is 0 Å². The van der Waals surface area contributed by atoms with E-state index >= 15 is 0 Å². The van der Waals surface area contributed by atoms with E-state index in [4.69, 9.17) is 34.8 Å². The topological polar surface area (TPSA) is 0 Å². The SMILES string of the molecule is Fc1cccc(F)c1C(Cl)c1cc(Cl)sc1Cl. The number of alkyl halides is 1. The summed E-state index contributed by atoms with van der Waals surface area (Å²) in [5.41, 5.74) is 0.192. The third-order valence-corrected chi connectivity index (χ3v) is 4.18. The predicted octanol–water partition coefficient (Wildman–Crippen LogP) is 5.66. The molecule has 0 aliphatic carbocycles. The molecule has 0 spiro atoms. The average Bonchev–Trinajstić information content (AvgIpc) is 2.57. The first-order valence-electron chi connectivity index (χ1n) is 4.53. The Hall–Kier alpha value is -0.350. The zero-order chi connectivity index (χ0) is 12.6. The lowest BCUT2D eigenvalue weighted by Gasteiger charge is -2.11. The zero-order valence-electron chi connectivity index (χ0n) is 8.18. The standard InChI is InChI=1S/C11H5Cl3F2S/c12-8-4-5(11(14)17-8)10(13)9-6(15)2-1-3-7(9)16/h1-4,10H. The molecule has 0 bridgehead atoms. The van der Waals surface area contributed by atoms with E-state index in [1.165, 1.54) is 12.1 Å². The highest BCUT2D eigenvalue weighted by molar-refractivity contribution is 7.20. The van der Waals surface area contributed by atoms with Gasteiger partial charge in [-0.1, -0.05) is 29.3 Å². The van der Waals surface area contributed by atoms with Crippen molar-refractivity contribution in [2.24, 2.45) is 0 Å². The third-order valence-electron chi connectivity index (χ3n) is 2.21. The monoisotopic (exact) mass is 312 g/mol. The van der Waals surface area contributed by atoms with E-state index in [1.807, 2.05) is 0 Å². The van der Waals surface area contributed by atoms with Crippen molar-refractivity contribution in [3.05, 3.63) is 55.7 Å². The minimum atomic E-state index is -0.993. The van der Waals surface area contributed by atoms with Gasteiger partial charge in [0.25, 0.3) is 0 Å². The summed E-state index contributed by atoms with van der Waals surface area (Å²) in [6, 6.07) is 5.09. The average molecular weight is 314 g/mol. The van der Waals surface area contributed by atoms with Crippen molar-refractivity contribution in [3.8, 4) is 0 Å². The fraction of sp³-hybridized carbons (Fsp3) is 0.0909. The van der Waals surface area contributed by atoms with Crippen LogP contribution in [-0.4, -0.2) is 0 Å². The Bertz CT molecular complexity index is 533. The normalized spacial score (nSPS) is 12.8. The van der Waals surface area contributed by atoms with Crippen molar-refractivity contribution in [2.45, 2.75) is 5.38 Å². The summed E-state index contributed by atoms with van der Waals surface area (Å²) >= 11 is 18.8. The molecule has 1 atom stereocenters. The van der Waals surface area contributed by atoms with Gasteiger partial charge in [-0.05, 0) is 18.2 Å². The summed E-state index contributed by atoms with van der Waals surface area (Å²) < 4.78 is 27.8. The summed E-state index contributed by atoms with van der Waals surface area (Å²) in [5, 5.41) is -0.993. The van der Waals surface area contributed by atoms with Gasteiger partial charge in [-0.15, -0.1) is 22.9 Å². The highest BCUT2D eigenvalue weighted by Crippen LogP contribution is 2.41. The minimum Gasteiger partial charge on any atom is -0.207 e. The largest absolute Gasteiger partial charge is 0.207 e. The van der Waals surface area contributed by atoms with Crippen LogP contribution < -0.4 is 0 Å². The molecule has 1 aromatic carbocycles. The second kappa shape index (κ2) is 5.11. The fourth-order valence-electron chi connectivity index (χ4n) is 1.43. The van der Waals surface area contributed by atoms with Crippen molar-refractivity contribution in [1.29, 1.82) is 0 Å².